The Labute approximate surface area is 235 Å². The third-order valence-corrected chi connectivity index (χ3v) is 7.54. The van der Waals surface area contributed by atoms with Crippen LogP contribution >= 0.6 is 0 Å². The number of aliphatic hydroxyl groups is 1. The van der Waals surface area contributed by atoms with E-state index in [2.05, 4.69) is 82.7 Å². The molecule has 4 atom stereocenters. The summed E-state index contributed by atoms with van der Waals surface area (Å²) >= 11 is 0. The maximum atomic E-state index is 10.6. The first kappa shape index (κ1) is 26.9. The quantitative estimate of drug-likeness (QED) is 0.260. The number of nitrogens with one attached hydrogen (secondary N) is 1. The molecule has 2 saturated heterocycles. The van der Waals surface area contributed by atoms with Crippen molar-refractivity contribution < 1.29 is 19.3 Å². The minimum Gasteiger partial charge on any atom is -0.387 e. The van der Waals surface area contributed by atoms with Crippen molar-refractivity contribution in [3.63, 3.8) is 0 Å². The average molecular weight is 540 g/mol. The number of fused-ring (bicyclic) bond motifs is 1. The molecule has 6 rings (SSSR count). The highest BCUT2D eigenvalue weighted by molar-refractivity contribution is 5.82. The van der Waals surface area contributed by atoms with Gasteiger partial charge in [-0.2, -0.15) is 0 Å². The molecule has 2 aliphatic rings. The number of ether oxygens (including phenoxy) is 3. The summed E-state index contributed by atoms with van der Waals surface area (Å²) in [6.45, 7) is 5.87. The van der Waals surface area contributed by atoms with Gasteiger partial charge < -0.3 is 29.2 Å². The van der Waals surface area contributed by atoms with Crippen LogP contribution in [0, 0.1) is 0 Å². The van der Waals surface area contributed by atoms with E-state index in [1.165, 1.54) is 0 Å². The lowest BCUT2D eigenvalue weighted by Crippen LogP contribution is -2.40. The Hall–Kier alpha value is -3.33. The van der Waals surface area contributed by atoms with Crippen LogP contribution < -0.4 is 5.32 Å². The fraction of sp³-hybridized carbons (Fsp3) is 0.364. The average Bonchev–Trinajstić information content (AvgIpc) is 3.60. The zero-order chi connectivity index (χ0) is 27.5. The predicted molar refractivity (Wildman–Crippen MR) is 155 cm³/mol. The van der Waals surface area contributed by atoms with E-state index in [4.69, 9.17) is 19.2 Å². The summed E-state index contributed by atoms with van der Waals surface area (Å²) < 4.78 is 19.8. The molecule has 4 aromatic rings. The lowest BCUT2D eigenvalue weighted by molar-refractivity contribution is -0.214. The highest BCUT2D eigenvalue weighted by atomic mass is 16.8. The maximum Gasteiger partial charge on any atom is 0.190 e. The van der Waals surface area contributed by atoms with Gasteiger partial charge in [-0.1, -0.05) is 91.0 Å². The molecule has 7 heteroatoms. The van der Waals surface area contributed by atoms with Crippen LogP contribution in [0.25, 0.3) is 33.9 Å². The summed E-state index contributed by atoms with van der Waals surface area (Å²) in [5.41, 5.74) is 5.49. The molecule has 7 nitrogen and oxygen atoms in total. The number of benzene rings is 3. The molecule has 2 fully saturated rings. The number of aromatic nitrogens is 2. The van der Waals surface area contributed by atoms with E-state index >= 15 is 0 Å². The first-order chi connectivity index (χ1) is 19.5. The van der Waals surface area contributed by atoms with Crippen LogP contribution in [0.2, 0.25) is 0 Å². The molecule has 0 amide bonds. The molecule has 2 N–H and O–H groups in total. The molecule has 1 aromatic heterocycles. The Bertz CT molecular complexity index is 1390. The molecule has 0 radical (unpaired) electrons. The van der Waals surface area contributed by atoms with E-state index < -0.39 is 24.3 Å². The topological polar surface area (TPSA) is 77.8 Å². The monoisotopic (exact) mass is 539 g/mol. The molecule has 0 aliphatic carbocycles. The van der Waals surface area contributed by atoms with Crippen molar-refractivity contribution in [2.24, 2.45) is 0 Å². The highest BCUT2D eigenvalue weighted by Crippen LogP contribution is 2.38. The fourth-order valence-corrected chi connectivity index (χ4v) is 5.66. The van der Waals surface area contributed by atoms with Crippen molar-refractivity contribution in [3.05, 3.63) is 91.0 Å². The minimum absolute atomic E-state index is 0.345. The van der Waals surface area contributed by atoms with Gasteiger partial charge in [0.1, 0.15) is 24.1 Å². The van der Waals surface area contributed by atoms with Crippen molar-refractivity contribution >= 4 is 0 Å². The van der Waals surface area contributed by atoms with E-state index in [0.717, 1.165) is 59.8 Å². The summed E-state index contributed by atoms with van der Waals surface area (Å²) in [6, 6.07) is 31.4. The van der Waals surface area contributed by atoms with Crippen LogP contribution in [0.1, 0.15) is 26.7 Å². The Balaban J connectivity index is 1.16. The Morgan fingerprint density at radius 1 is 0.825 bits per heavy atom. The second-order valence-corrected chi connectivity index (χ2v) is 10.9. The summed E-state index contributed by atoms with van der Waals surface area (Å²) in [6.07, 6.45) is -0.0565. The van der Waals surface area contributed by atoms with Gasteiger partial charge in [0.25, 0.3) is 0 Å². The lowest BCUT2D eigenvalue weighted by Gasteiger charge is -2.23. The molecule has 3 heterocycles. The highest BCUT2D eigenvalue weighted by Gasteiger charge is 2.53. The number of aliphatic hydroxyl groups excluding tert-OH is 1. The molecule has 0 unspecified atom stereocenters. The van der Waals surface area contributed by atoms with Crippen LogP contribution in [0.3, 0.4) is 0 Å². The molecule has 0 bridgehead atoms. The van der Waals surface area contributed by atoms with Gasteiger partial charge in [0.2, 0.25) is 0 Å². The first-order valence-corrected chi connectivity index (χ1v) is 14.2. The smallest absolute Gasteiger partial charge is 0.190 e. The predicted octanol–water partition coefficient (Wildman–Crippen LogP) is 5.49. The maximum absolute atomic E-state index is 10.6. The number of unbranched alkanes of at least 4 members (excludes halogenated alkanes) is 1. The second-order valence-electron chi connectivity index (χ2n) is 10.9. The Kier molecular flexibility index (Phi) is 7.82. The van der Waals surface area contributed by atoms with Gasteiger partial charge in [-0.3, -0.25) is 0 Å². The molecular weight excluding hydrogens is 502 g/mol. The largest absolute Gasteiger partial charge is 0.387 e. The number of nitrogens with zero attached hydrogens (tertiary/aromatic N) is 2. The first-order valence-electron chi connectivity index (χ1n) is 14.2. The number of imidazole rings is 1. The van der Waals surface area contributed by atoms with Crippen LogP contribution in [0.5, 0.6) is 0 Å². The van der Waals surface area contributed by atoms with Gasteiger partial charge in [-0.15, -0.1) is 0 Å². The number of hydrogen-bond acceptors (Lipinski definition) is 6. The normalized spacial score (nSPS) is 23.4. The van der Waals surface area contributed by atoms with E-state index in [1.807, 2.05) is 32.0 Å². The van der Waals surface area contributed by atoms with Crippen LogP contribution in [-0.2, 0) is 20.8 Å². The molecule has 0 spiro atoms. The summed E-state index contributed by atoms with van der Waals surface area (Å²) in [5.74, 6) is 0.253. The van der Waals surface area contributed by atoms with Crippen molar-refractivity contribution in [2.45, 2.75) is 63.6 Å². The van der Waals surface area contributed by atoms with Crippen molar-refractivity contribution in [3.8, 4) is 33.9 Å². The van der Waals surface area contributed by atoms with Gasteiger partial charge in [0, 0.05) is 29.8 Å². The Morgan fingerprint density at radius 3 is 2.10 bits per heavy atom. The molecule has 208 valence electrons. The van der Waals surface area contributed by atoms with Crippen LogP contribution in [0.15, 0.2) is 91.0 Å². The lowest BCUT2D eigenvalue weighted by atomic mass is 10.0. The van der Waals surface area contributed by atoms with Gasteiger partial charge in [0.05, 0.1) is 11.4 Å². The van der Waals surface area contributed by atoms with Crippen LogP contribution in [0.4, 0.5) is 0 Å². The molecule has 2 aliphatic heterocycles. The van der Waals surface area contributed by atoms with Gasteiger partial charge in [-0.25, -0.2) is 4.98 Å². The summed E-state index contributed by atoms with van der Waals surface area (Å²) in [7, 11) is 0. The van der Waals surface area contributed by atoms with E-state index in [1.54, 1.807) is 0 Å². The fourth-order valence-electron chi connectivity index (χ4n) is 5.66. The standard InChI is InChI=1S/C33H37N3O4/c1-33(2)39-30-29(37)26(38-32(30)40-33)22-34-20-12-13-21-36-28(24-16-8-4-9-17-24)27(23-14-6-3-7-15-23)35-31(36)25-18-10-5-11-19-25/h3-11,14-19,26,29-30,32,34,37H,12-13,20-22H2,1-2H3/t26-,29+,30-,32-/m1/s1. The Morgan fingerprint density at radius 2 is 1.45 bits per heavy atom. The zero-order valence-electron chi connectivity index (χ0n) is 23.1. The van der Waals surface area contributed by atoms with Gasteiger partial charge >= 0.3 is 0 Å². The number of rotatable bonds is 10. The zero-order valence-corrected chi connectivity index (χ0v) is 23.1. The third kappa shape index (κ3) is 5.61. The van der Waals surface area contributed by atoms with Crippen molar-refractivity contribution in [1.82, 2.24) is 14.9 Å². The van der Waals surface area contributed by atoms with Gasteiger partial charge in [0.15, 0.2) is 12.1 Å². The van der Waals surface area contributed by atoms with E-state index in [-0.39, 0.29) is 6.10 Å². The summed E-state index contributed by atoms with van der Waals surface area (Å²) in [5, 5.41) is 14.1. The van der Waals surface area contributed by atoms with Crippen LogP contribution in [-0.4, -0.2) is 58.1 Å². The molecule has 40 heavy (non-hydrogen) atoms. The van der Waals surface area contributed by atoms with E-state index in [0.29, 0.717) is 6.54 Å². The molecular formula is C33H37N3O4. The van der Waals surface area contributed by atoms with Crippen molar-refractivity contribution in [2.75, 3.05) is 13.1 Å². The number of hydrogen-bond donors (Lipinski definition) is 2. The third-order valence-electron chi connectivity index (χ3n) is 7.54. The van der Waals surface area contributed by atoms with Gasteiger partial charge in [-0.05, 0) is 33.2 Å². The summed E-state index contributed by atoms with van der Waals surface area (Å²) in [4.78, 5) is 5.22. The van der Waals surface area contributed by atoms with Crippen molar-refractivity contribution in [1.29, 1.82) is 0 Å². The second kappa shape index (κ2) is 11.6. The van der Waals surface area contributed by atoms with E-state index in [9.17, 15) is 5.11 Å². The minimum atomic E-state index is -0.723. The molecule has 3 aromatic carbocycles. The molecule has 0 saturated carbocycles. The SMILES string of the molecule is CC1(C)O[C@H]2O[C@H](CNCCCCn3c(-c4ccccc4)nc(-c4ccccc4)c3-c3ccccc3)[C@H](O)[C@H]2O1.